The molecule has 0 N–H and O–H groups in total. The van der Waals surface area contributed by atoms with Crippen molar-refractivity contribution in [1.29, 1.82) is 0 Å². The zero-order valence-corrected chi connectivity index (χ0v) is 11.5. The van der Waals surface area contributed by atoms with Crippen molar-refractivity contribution in [2.45, 2.75) is 13.0 Å². The zero-order chi connectivity index (χ0) is 11.4. The van der Waals surface area contributed by atoms with Gasteiger partial charge in [-0.25, -0.2) is 4.79 Å². The standard InChI is InChI=1S/C10H10Br2O3/c1-6(10(13)14-2)15-9-4-3-7(11)5-8(9)12/h3-6H,1-2H3/t6-/m0/s1. The van der Waals surface area contributed by atoms with Gasteiger partial charge in [0.05, 0.1) is 11.6 Å². The van der Waals surface area contributed by atoms with Crippen molar-refractivity contribution in [3.63, 3.8) is 0 Å². The highest BCUT2D eigenvalue weighted by molar-refractivity contribution is 9.11. The van der Waals surface area contributed by atoms with Gasteiger partial charge in [0, 0.05) is 4.47 Å². The lowest BCUT2D eigenvalue weighted by Crippen LogP contribution is -2.25. The Morgan fingerprint density at radius 2 is 2.07 bits per heavy atom. The first-order valence-electron chi connectivity index (χ1n) is 4.24. The van der Waals surface area contributed by atoms with Crippen molar-refractivity contribution in [2.75, 3.05) is 7.11 Å². The van der Waals surface area contributed by atoms with E-state index in [1.807, 2.05) is 12.1 Å². The van der Waals surface area contributed by atoms with Crippen LogP contribution in [0.15, 0.2) is 27.1 Å². The van der Waals surface area contributed by atoms with Gasteiger partial charge in [0.25, 0.3) is 0 Å². The van der Waals surface area contributed by atoms with Gasteiger partial charge in [-0.1, -0.05) is 15.9 Å². The predicted molar refractivity (Wildman–Crippen MR) is 63.9 cm³/mol. The Bertz CT molecular complexity index is 366. The molecule has 82 valence electrons. The van der Waals surface area contributed by atoms with E-state index in [1.54, 1.807) is 13.0 Å². The second kappa shape index (κ2) is 5.51. The van der Waals surface area contributed by atoms with Crippen LogP contribution in [0.4, 0.5) is 0 Å². The van der Waals surface area contributed by atoms with Crippen LogP contribution >= 0.6 is 31.9 Å². The van der Waals surface area contributed by atoms with Gasteiger partial charge >= 0.3 is 5.97 Å². The molecule has 0 fully saturated rings. The van der Waals surface area contributed by atoms with Gasteiger partial charge in [0.2, 0.25) is 0 Å². The SMILES string of the molecule is COC(=O)[C@H](C)Oc1ccc(Br)cc1Br. The molecule has 15 heavy (non-hydrogen) atoms. The summed E-state index contributed by atoms with van der Waals surface area (Å²) >= 11 is 6.67. The number of hydrogen-bond donors (Lipinski definition) is 0. The second-order valence-corrected chi connectivity index (χ2v) is 4.63. The molecule has 0 saturated carbocycles. The van der Waals surface area contributed by atoms with Crippen LogP contribution < -0.4 is 4.74 Å². The highest BCUT2D eigenvalue weighted by Gasteiger charge is 2.15. The molecule has 0 aliphatic heterocycles. The number of hydrogen-bond acceptors (Lipinski definition) is 3. The van der Waals surface area contributed by atoms with Crippen LogP contribution in [0.1, 0.15) is 6.92 Å². The monoisotopic (exact) mass is 336 g/mol. The van der Waals surface area contributed by atoms with E-state index in [2.05, 4.69) is 36.6 Å². The minimum absolute atomic E-state index is 0.398. The van der Waals surface area contributed by atoms with Crippen molar-refractivity contribution < 1.29 is 14.3 Å². The minimum atomic E-state index is -0.618. The first kappa shape index (κ1) is 12.5. The Morgan fingerprint density at radius 3 is 2.60 bits per heavy atom. The molecule has 3 nitrogen and oxygen atoms in total. The van der Waals surface area contributed by atoms with Gasteiger partial charge < -0.3 is 9.47 Å². The van der Waals surface area contributed by atoms with Crippen molar-refractivity contribution >= 4 is 37.8 Å². The smallest absolute Gasteiger partial charge is 0.346 e. The van der Waals surface area contributed by atoms with Crippen LogP contribution in [0.5, 0.6) is 5.75 Å². The Hall–Kier alpha value is -0.550. The summed E-state index contributed by atoms with van der Waals surface area (Å²) in [6.07, 6.45) is -0.618. The van der Waals surface area contributed by atoms with Crippen molar-refractivity contribution in [3.8, 4) is 5.75 Å². The third kappa shape index (κ3) is 3.50. The summed E-state index contributed by atoms with van der Waals surface area (Å²) < 4.78 is 11.7. The average molecular weight is 338 g/mol. The molecule has 1 atom stereocenters. The number of methoxy groups -OCH3 is 1. The van der Waals surface area contributed by atoms with Crippen LogP contribution in [-0.4, -0.2) is 19.2 Å². The van der Waals surface area contributed by atoms with Gasteiger partial charge in [-0.05, 0) is 41.1 Å². The lowest BCUT2D eigenvalue weighted by Gasteiger charge is -2.13. The number of benzene rings is 1. The number of esters is 1. The normalized spacial score (nSPS) is 12.0. The molecule has 0 spiro atoms. The summed E-state index contributed by atoms with van der Waals surface area (Å²) in [6, 6.07) is 5.46. The molecular weight excluding hydrogens is 328 g/mol. The molecule has 0 amide bonds. The fraction of sp³-hybridized carbons (Fsp3) is 0.300. The molecule has 5 heteroatoms. The molecule has 0 heterocycles. The molecule has 0 bridgehead atoms. The number of rotatable bonds is 3. The summed E-state index contributed by atoms with van der Waals surface area (Å²) in [5.41, 5.74) is 0. The van der Waals surface area contributed by atoms with Crippen molar-refractivity contribution in [1.82, 2.24) is 0 Å². The summed E-state index contributed by atoms with van der Waals surface area (Å²) in [4.78, 5) is 11.1. The summed E-state index contributed by atoms with van der Waals surface area (Å²) in [5.74, 6) is 0.209. The van der Waals surface area contributed by atoms with E-state index in [0.717, 1.165) is 8.95 Å². The van der Waals surface area contributed by atoms with Crippen molar-refractivity contribution in [3.05, 3.63) is 27.1 Å². The van der Waals surface area contributed by atoms with Gasteiger partial charge in [0.15, 0.2) is 6.10 Å². The zero-order valence-electron chi connectivity index (χ0n) is 8.29. The summed E-state index contributed by atoms with van der Waals surface area (Å²) in [7, 11) is 1.33. The largest absolute Gasteiger partial charge is 0.478 e. The van der Waals surface area contributed by atoms with Gasteiger partial charge in [-0.15, -0.1) is 0 Å². The lowest BCUT2D eigenvalue weighted by atomic mass is 10.3. The van der Waals surface area contributed by atoms with E-state index in [1.165, 1.54) is 7.11 Å². The highest BCUT2D eigenvalue weighted by atomic mass is 79.9. The van der Waals surface area contributed by atoms with E-state index in [-0.39, 0.29) is 0 Å². The highest BCUT2D eigenvalue weighted by Crippen LogP contribution is 2.28. The number of ether oxygens (including phenoxy) is 2. The molecule has 1 rings (SSSR count). The number of carbonyl (C=O) groups excluding carboxylic acids is 1. The van der Waals surface area contributed by atoms with Gasteiger partial charge in [-0.3, -0.25) is 0 Å². The molecule has 1 aromatic rings. The maximum Gasteiger partial charge on any atom is 0.346 e. The molecule has 0 aliphatic rings. The molecular formula is C10H10Br2O3. The van der Waals surface area contributed by atoms with Crippen molar-refractivity contribution in [2.24, 2.45) is 0 Å². The third-order valence-electron chi connectivity index (χ3n) is 1.73. The minimum Gasteiger partial charge on any atom is -0.478 e. The summed E-state index contributed by atoms with van der Waals surface area (Å²) in [6.45, 7) is 1.64. The first-order valence-corrected chi connectivity index (χ1v) is 5.82. The Morgan fingerprint density at radius 1 is 1.40 bits per heavy atom. The van der Waals surface area contributed by atoms with E-state index < -0.39 is 12.1 Å². The molecule has 0 aliphatic carbocycles. The molecule has 0 unspecified atom stereocenters. The van der Waals surface area contributed by atoms with Crippen LogP contribution in [0, 0.1) is 0 Å². The predicted octanol–water partition coefficient (Wildman–Crippen LogP) is 3.15. The first-order chi connectivity index (χ1) is 7.04. The van der Waals surface area contributed by atoms with E-state index >= 15 is 0 Å². The van der Waals surface area contributed by atoms with Crippen LogP contribution in [-0.2, 0) is 9.53 Å². The Labute approximate surface area is 105 Å². The lowest BCUT2D eigenvalue weighted by molar-refractivity contribution is -0.147. The maximum atomic E-state index is 11.1. The van der Waals surface area contributed by atoms with Crippen LogP contribution in [0.3, 0.4) is 0 Å². The summed E-state index contributed by atoms with van der Waals surface area (Å²) in [5, 5.41) is 0. The van der Waals surface area contributed by atoms with Crippen LogP contribution in [0.25, 0.3) is 0 Å². The fourth-order valence-electron chi connectivity index (χ4n) is 0.975. The quantitative estimate of drug-likeness (QED) is 0.795. The second-order valence-electron chi connectivity index (χ2n) is 2.86. The number of carbonyl (C=O) groups is 1. The third-order valence-corrected chi connectivity index (χ3v) is 2.84. The molecule has 1 aromatic carbocycles. The van der Waals surface area contributed by atoms with E-state index in [4.69, 9.17) is 4.74 Å². The Kier molecular flexibility index (Phi) is 4.60. The number of halogens is 2. The topological polar surface area (TPSA) is 35.5 Å². The fourth-order valence-corrected chi connectivity index (χ4v) is 2.12. The molecule has 0 radical (unpaired) electrons. The van der Waals surface area contributed by atoms with Gasteiger partial charge in [0.1, 0.15) is 5.75 Å². The average Bonchev–Trinajstić information content (AvgIpc) is 2.20. The Balaban J connectivity index is 2.76. The molecule has 0 saturated heterocycles. The molecule has 0 aromatic heterocycles. The van der Waals surface area contributed by atoms with E-state index in [0.29, 0.717) is 5.75 Å². The van der Waals surface area contributed by atoms with Crippen LogP contribution in [0.2, 0.25) is 0 Å². The van der Waals surface area contributed by atoms with E-state index in [9.17, 15) is 4.79 Å². The maximum absolute atomic E-state index is 11.1. The van der Waals surface area contributed by atoms with Gasteiger partial charge in [-0.2, -0.15) is 0 Å².